The molecule has 0 atom stereocenters. The molecule has 26 heavy (non-hydrogen) atoms. The first kappa shape index (κ1) is 19.8. The number of ether oxygens (including phenoxy) is 1. The van der Waals surface area contributed by atoms with Crippen LogP contribution in [0.1, 0.15) is 61.1 Å². The molecule has 1 heterocycles. The van der Waals surface area contributed by atoms with E-state index in [-0.39, 0.29) is 5.91 Å². The van der Waals surface area contributed by atoms with E-state index in [9.17, 15) is 4.79 Å². The molecule has 2 N–H and O–H groups in total. The largest absolute Gasteiger partial charge is 0.383 e. The van der Waals surface area contributed by atoms with E-state index in [0.717, 1.165) is 5.69 Å². The average Bonchev–Trinajstić information content (AvgIpc) is 2.61. The fourth-order valence-electron chi connectivity index (χ4n) is 2.71. The van der Waals surface area contributed by atoms with Crippen LogP contribution < -0.4 is 10.6 Å². The van der Waals surface area contributed by atoms with Gasteiger partial charge in [-0.15, -0.1) is 0 Å². The van der Waals surface area contributed by atoms with Crippen LogP contribution in [0.4, 0.5) is 11.6 Å². The molecule has 0 unspecified atom stereocenters. The van der Waals surface area contributed by atoms with Crippen LogP contribution in [0.2, 0.25) is 0 Å². The van der Waals surface area contributed by atoms with Crippen molar-refractivity contribution in [2.75, 3.05) is 25.6 Å². The minimum atomic E-state index is -0.242. The van der Waals surface area contributed by atoms with E-state index in [4.69, 9.17) is 4.74 Å². The quantitative estimate of drug-likeness (QED) is 0.703. The molecule has 0 saturated carbocycles. The minimum absolute atomic E-state index is 0.242. The fraction of sp³-hybridized carbons (Fsp3) is 0.450. The van der Waals surface area contributed by atoms with E-state index in [2.05, 4.69) is 66.5 Å². The summed E-state index contributed by atoms with van der Waals surface area (Å²) < 4.78 is 4.94. The van der Waals surface area contributed by atoms with Crippen molar-refractivity contribution >= 4 is 17.5 Å². The number of rotatable bonds is 8. The number of methoxy groups -OCH3 is 1. The first-order valence-electron chi connectivity index (χ1n) is 8.94. The second kappa shape index (κ2) is 9.29. The van der Waals surface area contributed by atoms with Crippen molar-refractivity contribution in [3.8, 4) is 0 Å². The number of aromatic nitrogens is 2. The summed E-state index contributed by atoms with van der Waals surface area (Å²) in [6.07, 6.45) is 1.59. The van der Waals surface area contributed by atoms with Crippen molar-refractivity contribution in [2.24, 2.45) is 0 Å². The summed E-state index contributed by atoms with van der Waals surface area (Å²) in [6.45, 7) is 9.53. The molecule has 0 spiro atoms. The van der Waals surface area contributed by atoms with Crippen molar-refractivity contribution < 1.29 is 9.53 Å². The Morgan fingerprint density at radius 1 is 1.12 bits per heavy atom. The third kappa shape index (κ3) is 5.02. The van der Waals surface area contributed by atoms with Gasteiger partial charge in [-0.2, -0.15) is 0 Å². The molecule has 0 aliphatic heterocycles. The smallest absolute Gasteiger partial charge is 0.270 e. The molecule has 0 aliphatic rings. The third-order valence-electron chi connectivity index (χ3n) is 4.09. The summed E-state index contributed by atoms with van der Waals surface area (Å²) in [6, 6.07) is 7.90. The van der Waals surface area contributed by atoms with Crippen molar-refractivity contribution in [1.82, 2.24) is 15.3 Å². The number of benzene rings is 1. The van der Waals surface area contributed by atoms with Crippen LogP contribution in [0.5, 0.6) is 0 Å². The Balaban J connectivity index is 2.29. The molecule has 140 valence electrons. The lowest BCUT2D eigenvalue weighted by molar-refractivity contribution is 0.0932. The molecular formula is C20H28N4O2. The molecule has 0 bridgehead atoms. The van der Waals surface area contributed by atoms with E-state index in [0.29, 0.717) is 36.6 Å². The Morgan fingerprint density at radius 2 is 1.77 bits per heavy atom. The van der Waals surface area contributed by atoms with Crippen LogP contribution in [0.3, 0.4) is 0 Å². The molecule has 0 saturated heterocycles. The van der Waals surface area contributed by atoms with E-state index < -0.39 is 0 Å². The summed E-state index contributed by atoms with van der Waals surface area (Å²) in [4.78, 5) is 20.8. The van der Waals surface area contributed by atoms with Gasteiger partial charge in [0.1, 0.15) is 5.69 Å². The van der Waals surface area contributed by atoms with Gasteiger partial charge in [0.05, 0.1) is 6.61 Å². The zero-order valence-corrected chi connectivity index (χ0v) is 16.2. The third-order valence-corrected chi connectivity index (χ3v) is 4.09. The molecule has 1 aromatic heterocycles. The highest BCUT2D eigenvalue weighted by Gasteiger charge is 2.15. The van der Waals surface area contributed by atoms with Crippen molar-refractivity contribution in [3.63, 3.8) is 0 Å². The number of para-hydroxylation sites is 1. The number of carbonyl (C=O) groups excluding carboxylic acids is 1. The summed E-state index contributed by atoms with van der Waals surface area (Å²) in [7, 11) is 1.59. The van der Waals surface area contributed by atoms with E-state index in [1.807, 2.05) is 0 Å². The Morgan fingerprint density at radius 3 is 2.35 bits per heavy atom. The number of carbonyl (C=O) groups is 1. The van der Waals surface area contributed by atoms with Gasteiger partial charge in [-0.25, -0.2) is 9.97 Å². The normalized spacial score (nSPS) is 11.0. The van der Waals surface area contributed by atoms with E-state index in [1.165, 1.54) is 11.1 Å². The predicted molar refractivity (Wildman–Crippen MR) is 104 cm³/mol. The minimum Gasteiger partial charge on any atom is -0.383 e. The Kier molecular flexibility index (Phi) is 7.09. The van der Waals surface area contributed by atoms with Crippen LogP contribution in [0.25, 0.3) is 0 Å². The number of amides is 1. The van der Waals surface area contributed by atoms with Gasteiger partial charge in [-0.3, -0.25) is 4.79 Å². The van der Waals surface area contributed by atoms with Crippen molar-refractivity contribution in [1.29, 1.82) is 0 Å². The van der Waals surface area contributed by atoms with Gasteiger partial charge in [0.15, 0.2) is 0 Å². The van der Waals surface area contributed by atoms with Crippen molar-refractivity contribution in [3.05, 3.63) is 47.3 Å². The first-order chi connectivity index (χ1) is 12.4. The zero-order valence-electron chi connectivity index (χ0n) is 16.2. The highest BCUT2D eigenvalue weighted by Crippen LogP contribution is 2.33. The lowest BCUT2D eigenvalue weighted by atomic mass is 9.93. The number of hydrogen-bond acceptors (Lipinski definition) is 5. The monoisotopic (exact) mass is 356 g/mol. The number of nitrogens with one attached hydrogen (secondary N) is 2. The summed E-state index contributed by atoms with van der Waals surface area (Å²) in [5.74, 6) is 0.890. The lowest BCUT2D eigenvalue weighted by Crippen LogP contribution is -2.27. The molecule has 2 aromatic rings. The predicted octanol–water partition coefficient (Wildman–Crippen LogP) is 3.84. The van der Waals surface area contributed by atoms with E-state index in [1.54, 1.807) is 19.4 Å². The fourth-order valence-corrected chi connectivity index (χ4v) is 2.71. The lowest BCUT2D eigenvalue weighted by Gasteiger charge is -2.20. The molecule has 1 amide bonds. The Hall–Kier alpha value is -2.47. The van der Waals surface area contributed by atoms with Crippen LogP contribution in [0.15, 0.2) is 30.5 Å². The maximum Gasteiger partial charge on any atom is 0.270 e. The molecule has 2 rings (SSSR count). The van der Waals surface area contributed by atoms with E-state index >= 15 is 0 Å². The number of hydrogen-bond donors (Lipinski definition) is 2. The van der Waals surface area contributed by atoms with Crippen LogP contribution >= 0.6 is 0 Å². The van der Waals surface area contributed by atoms with Gasteiger partial charge in [-0.05, 0) is 29.0 Å². The zero-order chi connectivity index (χ0) is 19.1. The maximum atomic E-state index is 12.2. The highest BCUT2D eigenvalue weighted by molar-refractivity contribution is 5.92. The Labute approximate surface area is 155 Å². The van der Waals surface area contributed by atoms with Gasteiger partial charge < -0.3 is 15.4 Å². The SMILES string of the molecule is COCCNC(=O)c1ccnc(Nc2c(C(C)C)cccc2C(C)C)n1. The van der Waals surface area contributed by atoms with Gasteiger partial charge in [0, 0.05) is 25.5 Å². The molecule has 1 aromatic carbocycles. The average molecular weight is 356 g/mol. The molecule has 6 heteroatoms. The highest BCUT2D eigenvalue weighted by atomic mass is 16.5. The molecular weight excluding hydrogens is 328 g/mol. The molecule has 0 radical (unpaired) electrons. The summed E-state index contributed by atoms with van der Waals surface area (Å²) in [5, 5.41) is 6.11. The topological polar surface area (TPSA) is 76.1 Å². The summed E-state index contributed by atoms with van der Waals surface area (Å²) >= 11 is 0. The van der Waals surface area contributed by atoms with Crippen molar-refractivity contribution in [2.45, 2.75) is 39.5 Å². The van der Waals surface area contributed by atoms with Gasteiger partial charge in [0.2, 0.25) is 5.95 Å². The number of anilines is 2. The first-order valence-corrected chi connectivity index (χ1v) is 8.94. The van der Waals surface area contributed by atoms with Gasteiger partial charge in [0.25, 0.3) is 5.91 Å². The van der Waals surface area contributed by atoms with Gasteiger partial charge >= 0.3 is 0 Å². The second-order valence-corrected chi connectivity index (χ2v) is 6.76. The maximum absolute atomic E-state index is 12.2. The van der Waals surface area contributed by atoms with Crippen LogP contribution in [-0.4, -0.2) is 36.1 Å². The second-order valence-electron chi connectivity index (χ2n) is 6.76. The molecule has 0 fully saturated rings. The number of nitrogens with zero attached hydrogens (tertiary/aromatic N) is 2. The standard InChI is InChI=1S/C20H28N4O2/c1-13(2)15-7-6-8-16(14(3)4)18(15)24-20-22-10-9-17(23-20)19(25)21-11-12-26-5/h6-10,13-14H,11-12H2,1-5H3,(H,21,25)(H,22,23,24). The molecule has 6 nitrogen and oxygen atoms in total. The Bertz CT molecular complexity index is 718. The molecule has 0 aliphatic carbocycles. The van der Waals surface area contributed by atoms with Gasteiger partial charge in [-0.1, -0.05) is 45.9 Å². The van der Waals surface area contributed by atoms with Crippen LogP contribution in [0, 0.1) is 0 Å². The summed E-state index contributed by atoms with van der Waals surface area (Å²) in [5.41, 5.74) is 3.76. The van der Waals surface area contributed by atoms with Crippen LogP contribution in [-0.2, 0) is 4.74 Å².